The maximum Gasteiger partial charge on any atom is 0.416 e. The summed E-state index contributed by atoms with van der Waals surface area (Å²) in [5.74, 6) is -0.395. The Kier molecular flexibility index (Phi) is 6.59. The van der Waals surface area contributed by atoms with Crippen LogP contribution in [-0.4, -0.2) is 62.9 Å². The molecule has 1 amide bonds. The van der Waals surface area contributed by atoms with Crippen molar-refractivity contribution in [3.8, 4) is 0 Å². The van der Waals surface area contributed by atoms with E-state index >= 15 is 0 Å². The average molecular weight is 474 g/mol. The van der Waals surface area contributed by atoms with Gasteiger partial charge in [-0.25, -0.2) is 8.42 Å². The highest BCUT2D eigenvalue weighted by Crippen LogP contribution is 2.38. The van der Waals surface area contributed by atoms with E-state index in [1.54, 1.807) is 0 Å². The molecule has 2 aliphatic heterocycles. The van der Waals surface area contributed by atoms with E-state index in [-0.39, 0.29) is 56.2 Å². The van der Waals surface area contributed by atoms with Gasteiger partial charge in [0.1, 0.15) is 0 Å². The van der Waals surface area contributed by atoms with E-state index < -0.39 is 38.4 Å². The minimum atomic E-state index is -5.15. The third-order valence-corrected chi connectivity index (χ3v) is 7.20. The Morgan fingerprint density at radius 1 is 0.871 bits per heavy atom. The summed E-state index contributed by atoms with van der Waals surface area (Å²) in [6, 6.07) is 0.276. The first-order chi connectivity index (χ1) is 14.3. The number of halogens is 6. The number of carbonyl (C=O) groups is 1. The molecule has 0 saturated carbocycles. The zero-order valence-electron chi connectivity index (χ0n) is 16.2. The zero-order valence-corrected chi connectivity index (χ0v) is 17.0. The minimum Gasteiger partial charge on any atom is -0.381 e. The van der Waals surface area contributed by atoms with Crippen LogP contribution in [0.5, 0.6) is 0 Å². The zero-order chi connectivity index (χ0) is 23.0. The van der Waals surface area contributed by atoms with Crippen molar-refractivity contribution in [3.05, 3.63) is 29.3 Å². The van der Waals surface area contributed by atoms with E-state index in [9.17, 15) is 39.6 Å². The molecule has 0 aliphatic carbocycles. The molecule has 1 aromatic rings. The number of piperazine rings is 1. The first-order valence-electron chi connectivity index (χ1n) is 9.46. The third kappa shape index (κ3) is 5.32. The van der Waals surface area contributed by atoms with Gasteiger partial charge in [-0.2, -0.15) is 30.6 Å². The lowest BCUT2D eigenvalue weighted by Gasteiger charge is -2.36. The number of amides is 1. The summed E-state index contributed by atoms with van der Waals surface area (Å²) in [6.07, 6.45) is -9.22. The second-order valence-corrected chi connectivity index (χ2v) is 9.30. The Hall–Kier alpha value is -1.86. The molecule has 0 radical (unpaired) electrons. The molecule has 0 unspecified atom stereocenters. The molecule has 2 aliphatic rings. The van der Waals surface area contributed by atoms with Crippen molar-refractivity contribution in [3.63, 3.8) is 0 Å². The quantitative estimate of drug-likeness (QED) is 0.632. The molecular weight excluding hydrogens is 454 g/mol. The number of hydrogen-bond donors (Lipinski definition) is 0. The van der Waals surface area contributed by atoms with Crippen LogP contribution in [-0.2, 0) is 31.9 Å². The van der Waals surface area contributed by atoms with Gasteiger partial charge in [0.25, 0.3) is 0 Å². The van der Waals surface area contributed by atoms with Crippen LogP contribution in [0.2, 0.25) is 0 Å². The number of rotatable bonds is 3. The van der Waals surface area contributed by atoms with E-state index in [1.807, 2.05) is 0 Å². The number of nitrogens with zero attached hydrogens (tertiary/aromatic N) is 2. The molecule has 0 atom stereocenters. The highest BCUT2D eigenvalue weighted by molar-refractivity contribution is 7.89. The largest absolute Gasteiger partial charge is 0.416 e. The number of benzene rings is 1. The SMILES string of the molecule is O=C(C1CCOCC1)N1CCN(S(=O)(=O)c2cc(C(F)(F)F)cc(C(F)(F)F)c2)CC1. The molecule has 174 valence electrons. The monoisotopic (exact) mass is 474 g/mol. The van der Waals surface area contributed by atoms with Gasteiger partial charge in [-0.3, -0.25) is 4.79 Å². The maximum absolute atomic E-state index is 13.1. The number of alkyl halides is 6. The number of sulfonamides is 1. The van der Waals surface area contributed by atoms with Crippen molar-refractivity contribution in [2.75, 3.05) is 39.4 Å². The normalized spacial score (nSPS) is 20.1. The fraction of sp³-hybridized carbons (Fsp3) is 0.611. The van der Waals surface area contributed by atoms with E-state index in [2.05, 4.69) is 0 Å². The van der Waals surface area contributed by atoms with Crippen LogP contribution in [0.15, 0.2) is 23.1 Å². The fourth-order valence-corrected chi connectivity index (χ4v) is 5.07. The van der Waals surface area contributed by atoms with Gasteiger partial charge < -0.3 is 9.64 Å². The maximum atomic E-state index is 13.1. The second-order valence-electron chi connectivity index (χ2n) is 7.36. The van der Waals surface area contributed by atoms with Crippen LogP contribution < -0.4 is 0 Å². The van der Waals surface area contributed by atoms with Gasteiger partial charge in [0.2, 0.25) is 15.9 Å². The lowest BCUT2D eigenvalue weighted by molar-refractivity contribution is -0.143. The van der Waals surface area contributed by atoms with Gasteiger partial charge in [0.15, 0.2) is 0 Å². The third-order valence-electron chi connectivity index (χ3n) is 5.32. The Morgan fingerprint density at radius 3 is 1.81 bits per heavy atom. The molecule has 31 heavy (non-hydrogen) atoms. The standard InChI is InChI=1S/C18H20F6N2O4S/c19-17(20,21)13-9-14(18(22,23)24)11-15(10-13)31(28,29)26-5-3-25(4-6-26)16(27)12-1-7-30-8-2-12/h9-12H,1-8H2. The summed E-state index contributed by atoms with van der Waals surface area (Å²) < 4.78 is 110. The fourth-order valence-electron chi connectivity index (χ4n) is 3.58. The summed E-state index contributed by atoms with van der Waals surface area (Å²) in [5.41, 5.74) is -3.40. The molecule has 2 heterocycles. The molecule has 1 aromatic carbocycles. The molecule has 3 rings (SSSR count). The molecular formula is C18H20F6N2O4S. The Morgan fingerprint density at radius 2 is 1.35 bits per heavy atom. The Labute approximate surface area is 174 Å². The van der Waals surface area contributed by atoms with Gasteiger partial charge in [0.05, 0.1) is 16.0 Å². The molecule has 6 nitrogen and oxygen atoms in total. The molecule has 2 saturated heterocycles. The summed E-state index contributed by atoms with van der Waals surface area (Å²) in [7, 11) is -4.63. The van der Waals surface area contributed by atoms with Crippen LogP contribution >= 0.6 is 0 Å². The van der Waals surface area contributed by atoms with Crippen LogP contribution in [0.4, 0.5) is 26.3 Å². The second kappa shape index (κ2) is 8.58. The number of ether oxygens (including phenoxy) is 1. The highest BCUT2D eigenvalue weighted by atomic mass is 32.2. The van der Waals surface area contributed by atoms with Crippen molar-refractivity contribution >= 4 is 15.9 Å². The van der Waals surface area contributed by atoms with E-state index in [1.165, 1.54) is 4.90 Å². The lowest BCUT2D eigenvalue weighted by Crippen LogP contribution is -2.52. The van der Waals surface area contributed by atoms with Crippen molar-refractivity contribution in [1.82, 2.24) is 9.21 Å². The van der Waals surface area contributed by atoms with Crippen LogP contribution in [0, 0.1) is 5.92 Å². The lowest BCUT2D eigenvalue weighted by atomic mass is 9.98. The summed E-state index contributed by atoms with van der Waals surface area (Å²) in [6.45, 7) is 0.439. The van der Waals surface area contributed by atoms with Crippen molar-refractivity contribution in [1.29, 1.82) is 0 Å². The van der Waals surface area contributed by atoms with E-state index in [4.69, 9.17) is 4.74 Å². The van der Waals surface area contributed by atoms with Crippen LogP contribution in [0.3, 0.4) is 0 Å². The molecule has 2 fully saturated rings. The van der Waals surface area contributed by atoms with Crippen molar-refractivity contribution < 1.29 is 44.3 Å². The van der Waals surface area contributed by atoms with Gasteiger partial charge >= 0.3 is 12.4 Å². The summed E-state index contributed by atoms with van der Waals surface area (Å²) >= 11 is 0. The minimum absolute atomic E-state index is 0.000506. The van der Waals surface area contributed by atoms with Crippen LogP contribution in [0.25, 0.3) is 0 Å². The summed E-state index contributed by atoms with van der Waals surface area (Å²) in [5, 5.41) is 0. The predicted molar refractivity (Wildman–Crippen MR) is 95.3 cm³/mol. The van der Waals surface area contributed by atoms with Gasteiger partial charge in [-0.15, -0.1) is 0 Å². The van der Waals surface area contributed by atoms with Gasteiger partial charge in [-0.05, 0) is 31.0 Å². The summed E-state index contributed by atoms with van der Waals surface area (Å²) in [4.78, 5) is 12.9. The molecule has 0 bridgehead atoms. The first-order valence-corrected chi connectivity index (χ1v) is 10.9. The predicted octanol–water partition coefficient (Wildman–Crippen LogP) is 2.98. The van der Waals surface area contributed by atoms with Gasteiger partial charge in [0, 0.05) is 45.3 Å². The Bertz CT molecular complexity index is 886. The number of carbonyl (C=O) groups excluding carboxylic acids is 1. The smallest absolute Gasteiger partial charge is 0.381 e. The topological polar surface area (TPSA) is 66.9 Å². The Balaban J connectivity index is 1.80. The van der Waals surface area contributed by atoms with E-state index in [0.29, 0.717) is 26.1 Å². The molecule has 0 spiro atoms. The number of hydrogen-bond acceptors (Lipinski definition) is 4. The molecule has 0 N–H and O–H groups in total. The van der Waals surface area contributed by atoms with Crippen molar-refractivity contribution in [2.45, 2.75) is 30.1 Å². The van der Waals surface area contributed by atoms with Gasteiger partial charge in [-0.1, -0.05) is 0 Å². The highest BCUT2D eigenvalue weighted by Gasteiger charge is 2.40. The molecule has 0 aromatic heterocycles. The van der Waals surface area contributed by atoms with Crippen molar-refractivity contribution in [2.24, 2.45) is 5.92 Å². The molecule has 13 heteroatoms. The van der Waals surface area contributed by atoms with E-state index in [0.717, 1.165) is 4.31 Å². The average Bonchev–Trinajstić information content (AvgIpc) is 2.72. The van der Waals surface area contributed by atoms with Crippen LogP contribution in [0.1, 0.15) is 24.0 Å². The first kappa shape index (κ1) is 23.8.